The molecule has 0 fully saturated rings. The van der Waals surface area contributed by atoms with Crippen LogP contribution in [0.4, 0.5) is 0 Å². The van der Waals surface area contributed by atoms with Gasteiger partial charge in [-0.05, 0) is 32.4 Å². The number of carbonyl (C=O) groups is 2. The van der Waals surface area contributed by atoms with Crippen molar-refractivity contribution in [2.45, 2.75) is 31.0 Å². The number of nitrogens with one attached hydrogen (secondary N) is 2. The van der Waals surface area contributed by atoms with Gasteiger partial charge in [0, 0.05) is 6.04 Å². The van der Waals surface area contributed by atoms with Gasteiger partial charge in [0.25, 0.3) is 10.0 Å². The zero-order chi connectivity index (χ0) is 15.5. The predicted molar refractivity (Wildman–Crippen MR) is 74.5 cm³/mol. The van der Waals surface area contributed by atoms with Crippen molar-refractivity contribution in [2.24, 2.45) is 0 Å². The number of aryl methyl sites for hydroxylation is 1. The van der Waals surface area contributed by atoms with Crippen molar-refractivity contribution in [2.75, 3.05) is 6.54 Å². The van der Waals surface area contributed by atoms with Crippen LogP contribution in [0.1, 0.15) is 29.1 Å². The molecule has 0 aliphatic heterocycles. The molecule has 0 saturated carbocycles. The van der Waals surface area contributed by atoms with E-state index in [0.717, 1.165) is 0 Å². The van der Waals surface area contributed by atoms with Crippen LogP contribution in [-0.4, -0.2) is 38.0 Å². The molecule has 112 valence electrons. The average molecular weight is 320 g/mol. The van der Waals surface area contributed by atoms with Crippen LogP contribution >= 0.6 is 11.3 Å². The molecular formula is C11H16N2O5S2. The van der Waals surface area contributed by atoms with Crippen LogP contribution in [-0.2, 0) is 14.8 Å². The number of hydrogen-bond acceptors (Lipinski definition) is 5. The molecule has 1 aromatic rings. The topological polar surface area (TPSA) is 113 Å². The minimum atomic E-state index is -3.88. The molecule has 3 N–H and O–H groups in total. The summed E-state index contributed by atoms with van der Waals surface area (Å²) in [4.78, 5) is 22.2. The molecule has 0 aromatic carbocycles. The fourth-order valence-corrected chi connectivity index (χ4v) is 3.81. The molecule has 0 aliphatic rings. The van der Waals surface area contributed by atoms with Crippen LogP contribution < -0.4 is 10.0 Å². The Morgan fingerprint density at radius 3 is 2.45 bits per heavy atom. The Labute approximate surface area is 121 Å². The Morgan fingerprint density at radius 1 is 1.40 bits per heavy atom. The molecule has 0 spiro atoms. The smallest absolute Gasteiger partial charge is 0.346 e. The Hall–Kier alpha value is -1.45. The second-order valence-electron chi connectivity index (χ2n) is 4.43. The quantitative estimate of drug-likeness (QED) is 0.709. The van der Waals surface area contributed by atoms with Crippen LogP contribution in [0.3, 0.4) is 0 Å². The molecule has 1 amide bonds. The number of sulfonamides is 1. The number of thiophene rings is 1. The molecule has 0 atom stereocenters. The van der Waals surface area contributed by atoms with Gasteiger partial charge in [0.05, 0.1) is 6.54 Å². The van der Waals surface area contributed by atoms with Gasteiger partial charge in [-0.2, -0.15) is 0 Å². The van der Waals surface area contributed by atoms with Crippen molar-refractivity contribution in [3.8, 4) is 0 Å². The lowest BCUT2D eigenvalue weighted by molar-refractivity contribution is -0.120. The maximum atomic E-state index is 11.9. The zero-order valence-corrected chi connectivity index (χ0v) is 12.9. The van der Waals surface area contributed by atoms with Crippen LogP contribution in [0.25, 0.3) is 0 Å². The van der Waals surface area contributed by atoms with Gasteiger partial charge in [-0.1, -0.05) is 0 Å². The molecule has 0 saturated heterocycles. The van der Waals surface area contributed by atoms with Gasteiger partial charge < -0.3 is 10.4 Å². The third kappa shape index (κ3) is 4.29. The number of amides is 1. The van der Waals surface area contributed by atoms with E-state index in [9.17, 15) is 18.0 Å². The molecular weight excluding hydrogens is 304 g/mol. The Kier molecular flexibility index (Phi) is 5.26. The lowest BCUT2D eigenvalue weighted by atomic mass is 10.3. The minimum Gasteiger partial charge on any atom is -0.477 e. The van der Waals surface area contributed by atoms with Gasteiger partial charge in [-0.25, -0.2) is 17.9 Å². The van der Waals surface area contributed by atoms with Crippen molar-refractivity contribution in [1.82, 2.24) is 10.0 Å². The highest BCUT2D eigenvalue weighted by Gasteiger charge is 2.22. The maximum Gasteiger partial charge on any atom is 0.346 e. The minimum absolute atomic E-state index is 0.0305. The van der Waals surface area contributed by atoms with Crippen LogP contribution in [0.5, 0.6) is 0 Å². The first kappa shape index (κ1) is 16.6. The van der Waals surface area contributed by atoms with Crippen molar-refractivity contribution < 1.29 is 23.1 Å². The van der Waals surface area contributed by atoms with Crippen LogP contribution in [0.15, 0.2) is 10.3 Å². The largest absolute Gasteiger partial charge is 0.477 e. The zero-order valence-electron chi connectivity index (χ0n) is 11.3. The molecule has 1 rings (SSSR count). The van der Waals surface area contributed by atoms with E-state index in [0.29, 0.717) is 16.9 Å². The van der Waals surface area contributed by atoms with Crippen molar-refractivity contribution in [3.63, 3.8) is 0 Å². The SMILES string of the molecule is Cc1cc(S(=O)(=O)NCC(=O)NC(C)C)sc1C(=O)O. The summed E-state index contributed by atoms with van der Waals surface area (Å²) in [6.45, 7) is 4.65. The Morgan fingerprint density at radius 2 is 2.00 bits per heavy atom. The summed E-state index contributed by atoms with van der Waals surface area (Å²) in [7, 11) is -3.88. The number of rotatable bonds is 6. The molecule has 0 unspecified atom stereocenters. The fraction of sp³-hybridized carbons (Fsp3) is 0.455. The second kappa shape index (κ2) is 6.33. The molecule has 9 heteroatoms. The summed E-state index contributed by atoms with van der Waals surface area (Å²) in [5.74, 6) is -1.62. The summed E-state index contributed by atoms with van der Waals surface area (Å²) < 4.78 is 25.9. The molecule has 0 radical (unpaired) electrons. The molecule has 7 nitrogen and oxygen atoms in total. The third-order valence-corrected chi connectivity index (χ3v) is 5.33. The fourth-order valence-electron chi connectivity index (χ4n) is 1.40. The first-order valence-electron chi connectivity index (χ1n) is 5.76. The van der Waals surface area contributed by atoms with E-state index in [2.05, 4.69) is 10.0 Å². The van der Waals surface area contributed by atoms with E-state index in [1.807, 2.05) is 0 Å². The maximum absolute atomic E-state index is 11.9. The van der Waals surface area contributed by atoms with Crippen LogP contribution in [0, 0.1) is 6.92 Å². The normalized spacial score (nSPS) is 11.6. The van der Waals surface area contributed by atoms with Crippen LogP contribution in [0.2, 0.25) is 0 Å². The third-order valence-electron chi connectivity index (χ3n) is 2.23. The standard InChI is InChI=1S/C11H16N2O5S2/c1-6(2)13-8(14)5-12-20(17,18)9-4-7(3)10(19-9)11(15)16/h4,6,12H,5H2,1-3H3,(H,13,14)(H,15,16). The van der Waals surface area contributed by atoms with Gasteiger partial charge in [-0.3, -0.25) is 4.79 Å². The first-order valence-corrected chi connectivity index (χ1v) is 8.06. The van der Waals surface area contributed by atoms with Gasteiger partial charge in [0.1, 0.15) is 9.09 Å². The monoisotopic (exact) mass is 320 g/mol. The molecule has 0 aliphatic carbocycles. The lowest BCUT2D eigenvalue weighted by Crippen LogP contribution is -2.39. The number of carboxylic acids is 1. The van der Waals surface area contributed by atoms with Crippen molar-refractivity contribution >= 4 is 33.2 Å². The Balaban J connectivity index is 2.82. The number of aromatic carboxylic acids is 1. The lowest BCUT2D eigenvalue weighted by Gasteiger charge is -2.08. The highest BCUT2D eigenvalue weighted by Crippen LogP contribution is 2.25. The first-order chi connectivity index (χ1) is 9.13. The summed E-state index contributed by atoms with van der Waals surface area (Å²) in [6.07, 6.45) is 0. The Bertz CT molecular complexity index is 619. The number of hydrogen-bond donors (Lipinski definition) is 3. The number of carbonyl (C=O) groups excluding carboxylic acids is 1. The molecule has 20 heavy (non-hydrogen) atoms. The van der Waals surface area contributed by atoms with E-state index < -0.39 is 21.9 Å². The molecule has 1 aromatic heterocycles. The molecule has 1 heterocycles. The predicted octanol–water partition coefficient (Wildman–Crippen LogP) is 0.558. The van der Waals surface area contributed by atoms with Crippen molar-refractivity contribution in [3.05, 3.63) is 16.5 Å². The summed E-state index contributed by atoms with van der Waals surface area (Å²) in [5.41, 5.74) is 0.370. The van der Waals surface area contributed by atoms with Crippen molar-refractivity contribution in [1.29, 1.82) is 0 Å². The van der Waals surface area contributed by atoms with E-state index in [1.165, 1.54) is 13.0 Å². The van der Waals surface area contributed by atoms with Gasteiger partial charge in [0.2, 0.25) is 5.91 Å². The van der Waals surface area contributed by atoms with Gasteiger partial charge >= 0.3 is 5.97 Å². The second-order valence-corrected chi connectivity index (χ2v) is 7.48. The summed E-state index contributed by atoms with van der Waals surface area (Å²) >= 11 is 0.658. The summed E-state index contributed by atoms with van der Waals surface area (Å²) in [6, 6.07) is 1.19. The summed E-state index contributed by atoms with van der Waals surface area (Å²) in [5, 5.41) is 11.4. The van der Waals surface area contributed by atoms with E-state index >= 15 is 0 Å². The highest BCUT2D eigenvalue weighted by atomic mass is 32.2. The van der Waals surface area contributed by atoms with Gasteiger partial charge in [-0.15, -0.1) is 11.3 Å². The van der Waals surface area contributed by atoms with E-state index in [4.69, 9.17) is 5.11 Å². The molecule has 0 bridgehead atoms. The van der Waals surface area contributed by atoms with E-state index in [-0.39, 0.29) is 21.7 Å². The average Bonchev–Trinajstić information content (AvgIpc) is 2.69. The van der Waals surface area contributed by atoms with E-state index in [1.54, 1.807) is 13.8 Å². The van der Waals surface area contributed by atoms with Gasteiger partial charge in [0.15, 0.2) is 0 Å². The number of carboxylic acid groups (broad SMARTS) is 1. The highest BCUT2D eigenvalue weighted by molar-refractivity contribution is 7.91.